The van der Waals surface area contributed by atoms with Crippen LogP contribution in [-0.4, -0.2) is 40.3 Å². The number of carbonyl (C=O) groups excluding carboxylic acids is 2. The Kier molecular flexibility index (Phi) is 9.18. The van der Waals surface area contributed by atoms with Gasteiger partial charge < -0.3 is 10.2 Å². The summed E-state index contributed by atoms with van der Waals surface area (Å²) < 4.78 is 0. The Labute approximate surface area is 179 Å². The molecule has 0 aromatic rings. The average Bonchev–Trinajstić information content (AvgIpc) is 2.88. The van der Waals surface area contributed by atoms with E-state index in [9.17, 15) is 9.59 Å². The molecule has 2 fully saturated rings. The highest BCUT2D eigenvalue weighted by molar-refractivity contribution is 6.08. The number of unbranched alkanes of at least 4 members (excludes halogenated alkanes) is 9. The van der Waals surface area contributed by atoms with E-state index in [1.807, 2.05) is 4.90 Å². The predicted molar refractivity (Wildman–Crippen MR) is 121 cm³/mol. The summed E-state index contributed by atoms with van der Waals surface area (Å²) in [7, 11) is 0. The third kappa shape index (κ3) is 7.70. The molecule has 0 aromatic heterocycles. The summed E-state index contributed by atoms with van der Waals surface area (Å²) in [6, 6.07) is 0.176. The fourth-order valence-corrected chi connectivity index (χ4v) is 5.61. The molecule has 0 radical (unpaired) electrons. The number of nitrogens with zero attached hydrogens (tertiary/aromatic N) is 1. The van der Waals surface area contributed by atoms with Crippen LogP contribution in [-0.2, 0) is 9.59 Å². The van der Waals surface area contributed by atoms with Crippen LogP contribution in [0.15, 0.2) is 0 Å². The van der Waals surface area contributed by atoms with Gasteiger partial charge in [0.15, 0.2) is 5.78 Å². The minimum Gasteiger partial charge on any atom is -0.332 e. The largest absolute Gasteiger partial charge is 0.332 e. The molecule has 2 rings (SSSR count). The number of hydrogen-bond donors (Lipinski definition) is 1. The Bertz CT molecular complexity index is 525. The van der Waals surface area contributed by atoms with Crippen LogP contribution in [0.3, 0.4) is 0 Å². The maximum Gasteiger partial charge on any atom is 0.233 e. The van der Waals surface area contributed by atoms with Gasteiger partial charge in [-0.25, -0.2) is 0 Å². The molecule has 0 saturated carbocycles. The van der Waals surface area contributed by atoms with E-state index in [-0.39, 0.29) is 34.7 Å². The van der Waals surface area contributed by atoms with Crippen LogP contribution < -0.4 is 5.32 Å². The van der Waals surface area contributed by atoms with Crippen molar-refractivity contribution in [1.82, 2.24) is 10.2 Å². The van der Waals surface area contributed by atoms with E-state index < -0.39 is 0 Å². The SMILES string of the molecule is CCCCCCCCCCCCC1C(=O)CN(C2CC(C)(C)NC(C)(C)C2)C1=O. The van der Waals surface area contributed by atoms with Gasteiger partial charge in [-0.2, -0.15) is 0 Å². The molecule has 1 atom stereocenters. The Balaban J connectivity index is 1.70. The standard InChI is InChI=1S/C25H46N2O2/c1-6-7-8-9-10-11-12-13-14-15-16-21-22(28)19-27(23(21)29)20-17-24(2,3)26-25(4,5)18-20/h20-21,26H,6-19H2,1-5H3. The van der Waals surface area contributed by atoms with Gasteiger partial charge in [0, 0.05) is 17.1 Å². The normalized spacial score (nSPS) is 24.4. The second-order valence-corrected chi connectivity index (χ2v) is 10.9. The molecule has 4 heteroatoms. The fraction of sp³-hybridized carbons (Fsp3) is 0.920. The average molecular weight is 407 g/mol. The Morgan fingerprint density at radius 1 is 0.828 bits per heavy atom. The highest BCUT2D eigenvalue weighted by Crippen LogP contribution is 2.34. The second kappa shape index (κ2) is 10.9. The maximum atomic E-state index is 13.0. The summed E-state index contributed by atoms with van der Waals surface area (Å²) in [6.07, 6.45) is 15.4. The first-order valence-electron chi connectivity index (χ1n) is 12.3. The molecule has 0 bridgehead atoms. The molecule has 1 N–H and O–H groups in total. The van der Waals surface area contributed by atoms with Crippen LogP contribution in [0.1, 0.15) is 118 Å². The Morgan fingerprint density at radius 3 is 1.83 bits per heavy atom. The lowest BCUT2D eigenvalue weighted by Gasteiger charge is -2.48. The highest BCUT2D eigenvalue weighted by atomic mass is 16.2. The molecule has 1 unspecified atom stereocenters. The van der Waals surface area contributed by atoms with Crippen molar-refractivity contribution in [3.63, 3.8) is 0 Å². The van der Waals surface area contributed by atoms with Crippen molar-refractivity contribution in [3.05, 3.63) is 0 Å². The van der Waals surface area contributed by atoms with Crippen molar-refractivity contribution in [2.24, 2.45) is 5.92 Å². The molecule has 2 aliphatic rings. The molecular formula is C25H46N2O2. The number of Topliss-reactive ketones (excluding diaryl/α,β-unsaturated/α-hetero) is 1. The lowest BCUT2D eigenvalue weighted by Crippen LogP contribution is -2.62. The van der Waals surface area contributed by atoms with Gasteiger partial charge in [-0.1, -0.05) is 71.1 Å². The van der Waals surface area contributed by atoms with Crippen LogP contribution >= 0.6 is 0 Å². The number of nitrogens with one attached hydrogen (secondary N) is 1. The molecule has 2 aliphatic heterocycles. The summed E-state index contributed by atoms with van der Waals surface area (Å²) in [5, 5.41) is 3.67. The fourth-order valence-electron chi connectivity index (χ4n) is 5.61. The van der Waals surface area contributed by atoms with Crippen molar-refractivity contribution in [2.45, 2.75) is 135 Å². The quantitative estimate of drug-likeness (QED) is 0.337. The predicted octanol–water partition coefficient (Wildman–Crippen LogP) is 5.63. The number of ketones is 1. The Hall–Kier alpha value is -0.900. The van der Waals surface area contributed by atoms with Crippen LogP contribution in [0.5, 0.6) is 0 Å². The van der Waals surface area contributed by atoms with Gasteiger partial charge in [-0.05, 0) is 47.0 Å². The zero-order chi connectivity index (χ0) is 21.5. The van der Waals surface area contributed by atoms with Crippen LogP contribution in [0.25, 0.3) is 0 Å². The van der Waals surface area contributed by atoms with Crippen LogP contribution in [0.4, 0.5) is 0 Å². The number of amides is 1. The summed E-state index contributed by atoms with van der Waals surface area (Å²) in [5.74, 6) is -0.116. The van der Waals surface area contributed by atoms with Crippen molar-refractivity contribution in [3.8, 4) is 0 Å². The summed E-state index contributed by atoms with van der Waals surface area (Å²) >= 11 is 0. The van der Waals surface area contributed by atoms with E-state index >= 15 is 0 Å². The zero-order valence-corrected chi connectivity index (χ0v) is 19.8. The second-order valence-electron chi connectivity index (χ2n) is 10.9. The van der Waals surface area contributed by atoms with Gasteiger partial charge in [0.2, 0.25) is 5.91 Å². The summed E-state index contributed by atoms with van der Waals surface area (Å²) in [5.41, 5.74) is -0.0191. The summed E-state index contributed by atoms with van der Waals surface area (Å²) in [6.45, 7) is 11.4. The zero-order valence-electron chi connectivity index (χ0n) is 19.8. The van der Waals surface area contributed by atoms with E-state index in [0.717, 1.165) is 32.1 Å². The van der Waals surface area contributed by atoms with E-state index in [1.165, 1.54) is 51.4 Å². The molecule has 168 valence electrons. The van der Waals surface area contributed by atoms with Crippen LogP contribution in [0.2, 0.25) is 0 Å². The molecule has 0 aliphatic carbocycles. The molecular weight excluding hydrogens is 360 g/mol. The Morgan fingerprint density at radius 2 is 1.31 bits per heavy atom. The van der Waals surface area contributed by atoms with Gasteiger partial charge >= 0.3 is 0 Å². The molecule has 2 saturated heterocycles. The van der Waals surface area contributed by atoms with Gasteiger partial charge in [0.1, 0.15) is 0 Å². The molecule has 1 amide bonds. The lowest BCUT2D eigenvalue weighted by atomic mass is 9.79. The first kappa shape index (κ1) is 24.4. The van der Waals surface area contributed by atoms with Crippen molar-refractivity contribution in [2.75, 3.05) is 6.54 Å². The van der Waals surface area contributed by atoms with Crippen molar-refractivity contribution < 1.29 is 9.59 Å². The lowest BCUT2D eigenvalue weighted by molar-refractivity contribution is -0.135. The number of hydrogen-bond acceptors (Lipinski definition) is 3. The molecule has 29 heavy (non-hydrogen) atoms. The molecule has 0 aromatic carbocycles. The third-order valence-electron chi connectivity index (χ3n) is 6.75. The van der Waals surface area contributed by atoms with Crippen molar-refractivity contribution >= 4 is 11.7 Å². The highest BCUT2D eigenvalue weighted by Gasteiger charge is 2.47. The first-order chi connectivity index (χ1) is 13.7. The topological polar surface area (TPSA) is 49.4 Å². The molecule has 2 heterocycles. The van der Waals surface area contributed by atoms with Gasteiger partial charge in [-0.15, -0.1) is 0 Å². The molecule has 0 spiro atoms. The minimum absolute atomic E-state index is 0.00955. The number of piperidine rings is 1. The summed E-state index contributed by atoms with van der Waals surface area (Å²) in [4.78, 5) is 27.5. The van der Waals surface area contributed by atoms with Crippen LogP contribution in [0, 0.1) is 5.92 Å². The number of likely N-dealkylation sites (tertiary alicyclic amines) is 1. The molecule has 4 nitrogen and oxygen atoms in total. The van der Waals surface area contributed by atoms with E-state index in [2.05, 4.69) is 39.9 Å². The van der Waals surface area contributed by atoms with Gasteiger partial charge in [0.25, 0.3) is 0 Å². The number of rotatable bonds is 12. The monoisotopic (exact) mass is 406 g/mol. The third-order valence-corrected chi connectivity index (χ3v) is 6.75. The maximum absolute atomic E-state index is 13.0. The first-order valence-corrected chi connectivity index (χ1v) is 12.3. The number of carbonyl (C=O) groups is 2. The van der Waals surface area contributed by atoms with Gasteiger partial charge in [-0.3, -0.25) is 9.59 Å². The van der Waals surface area contributed by atoms with Crippen molar-refractivity contribution in [1.29, 1.82) is 0 Å². The van der Waals surface area contributed by atoms with E-state index in [4.69, 9.17) is 0 Å². The smallest absolute Gasteiger partial charge is 0.233 e. The van der Waals surface area contributed by atoms with E-state index in [1.54, 1.807) is 0 Å². The van der Waals surface area contributed by atoms with Gasteiger partial charge in [0.05, 0.1) is 12.5 Å². The van der Waals surface area contributed by atoms with E-state index in [0.29, 0.717) is 6.54 Å². The minimum atomic E-state index is -0.370.